The average molecular weight is 248 g/mol. The van der Waals surface area contributed by atoms with Crippen LogP contribution in [0.25, 0.3) is 0 Å². The van der Waals surface area contributed by atoms with E-state index in [0.717, 1.165) is 0 Å². The Bertz CT molecular complexity index is 416. The van der Waals surface area contributed by atoms with Gasteiger partial charge in [0.15, 0.2) is 11.6 Å². The summed E-state index contributed by atoms with van der Waals surface area (Å²) < 4.78 is 0. The molecule has 0 spiro atoms. The maximum atomic E-state index is 11.6. The zero-order valence-corrected chi connectivity index (χ0v) is 11.0. The lowest BCUT2D eigenvalue weighted by Crippen LogP contribution is -2.34. The summed E-state index contributed by atoms with van der Waals surface area (Å²) in [5.74, 6) is -0.809. The fourth-order valence-electron chi connectivity index (χ4n) is 1.17. The molecule has 0 aromatic heterocycles. The summed E-state index contributed by atoms with van der Waals surface area (Å²) in [6.07, 6.45) is 0.266. The summed E-state index contributed by atoms with van der Waals surface area (Å²) in [4.78, 5) is 23.1. The van der Waals surface area contributed by atoms with E-state index in [2.05, 4.69) is 10.2 Å². The maximum absolute atomic E-state index is 11.6. The van der Waals surface area contributed by atoms with Gasteiger partial charge in [-0.05, 0) is 13.8 Å². The molecular formula is C12H16N4O2. The van der Waals surface area contributed by atoms with Crippen LogP contribution in [0.1, 0.15) is 40.5 Å². The minimum absolute atomic E-state index is 0.133. The van der Waals surface area contributed by atoms with Crippen molar-refractivity contribution in [3.63, 3.8) is 0 Å². The predicted octanol–water partition coefficient (Wildman–Crippen LogP) is 1.96. The van der Waals surface area contributed by atoms with Crippen LogP contribution < -0.4 is 0 Å². The summed E-state index contributed by atoms with van der Waals surface area (Å²) in [5.41, 5.74) is -3.28. The molecule has 0 rings (SSSR count). The Labute approximate surface area is 106 Å². The molecule has 18 heavy (non-hydrogen) atoms. The van der Waals surface area contributed by atoms with Gasteiger partial charge in [-0.25, -0.2) is 0 Å². The highest BCUT2D eigenvalue weighted by Crippen LogP contribution is 2.19. The third-order valence-electron chi connectivity index (χ3n) is 2.61. The monoisotopic (exact) mass is 248 g/mol. The normalized spacial score (nSPS) is 17.2. The number of carbonyl (C=O) groups is 2. The zero-order valence-electron chi connectivity index (χ0n) is 11.0. The number of ketones is 2. The number of Topliss-reactive ketones (excluding diaryl/α,β-unsaturated/α-hetero) is 2. The van der Waals surface area contributed by atoms with Crippen molar-refractivity contribution in [3.8, 4) is 12.1 Å². The molecule has 0 N–H and O–H groups in total. The highest BCUT2D eigenvalue weighted by atomic mass is 16.1. The average Bonchev–Trinajstić information content (AvgIpc) is 2.42. The molecule has 2 unspecified atom stereocenters. The quantitative estimate of drug-likeness (QED) is 0.669. The summed E-state index contributed by atoms with van der Waals surface area (Å²) in [6, 6.07) is 3.50. The number of rotatable bonds is 6. The first-order valence-electron chi connectivity index (χ1n) is 5.62. The van der Waals surface area contributed by atoms with Gasteiger partial charge in [-0.1, -0.05) is 13.8 Å². The molecule has 0 saturated heterocycles. The SMILES string of the molecule is CCC(=O)C(C)(C#N)N=NC(C)(C#N)C(=O)CC. The van der Waals surface area contributed by atoms with Crippen molar-refractivity contribution < 1.29 is 9.59 Å². The second-order valence-corrected chi connectivity index (χ2v) is 4.12. The topological polar surface area (TPSA) is 106 Å². The fraction of sp³-hybridized carbons (Fsp3) is 0.667. The van der Waals surface area contributed by atoms with Crippen molar-refractivity contribution in [1.29, 1.82) is 10.5 Å². The van der Waals surface area contributed by atoms with E-state index in [9.17, 15) is 9.59 Å². The van der Waals surface area contributed by atoms with Gasteiger partial charge < -0.3 is 0 Å². The molecule has 0 aromatic carbocycles. The van der Waals surface area contributed by atoms with E-state index in [1.165, 1.54) is 13.8 Å². The molecule has 0 bridgehead atoms. The Morgan fingerprint density at radius 1 is 0.944 bits per heavy atom. The van der Waals surface area contributed by atoms with E-state index in [-0.39, 0.29) is 12.8 Å². The van der Waals surface area contributed by atoms with Gasteiger partial charge in [0, 0.05) is 12.8 Å². The first kappa shape index (κ1) is 15.9. The molecule has 0 aromatic rings. The molecule has 0 heterocycles. The second kappa shape index (κ2) is 6.02. The van der Waals surface area contributed by atoms with E-state index in [0.29, 0.717) is 0 Å². The molecule has 6 heteroatoms. The van der Waals surface area contributed by atoms with Crippen LogP contribution in [-0.4, -0.2) is 22.6 Å². The van der Waals surface area contributed by atoms with Gasteiger partial charge in [0.25, 0.3) is 0 Å². The molecule has 0 saturated carbocycles. The lowest BCUT2D eigenvalue weighted by molar-refractivity contribution is -0.123. The fourth-order valence-corrected chi connectivity index (χ4v) is 1.17. The first-order chi connectivity index (χ1) is 8.29. The van der Waals surface area contributed by atoms with E-state index >= 15 is 0 Å². The Hall–Kier alpha value is -2.08. The van der Waals surface area contributed by atoms with Crippen molar-refractivity contribution in [2.45, 2.75) is 51.6 Å². The van der Waals surface area contributed by atoms with Crippen LogP contribution in [0.4, 0.5) is 0 Å². The van der Waals surface area contributed by atoms with Crippen molar-refractivity contribution in [2.24, 2.45) is 10.2 Å². The van der Waals surface area contributed by atoms with Gasteiger partial charge in [-0.3, -0.25) is 9.59 Å². The summed E-state index contributed by atoms with van der Waals surface area (Å²) in [6.45, 7) is 5.84. The Balaban J connectivity index is 5.37. The second-order valence-electron chi connectivity index (χ2n) is 4.12. The lowest BCUT2D eigenvalue weighted by Gasteiger charge is -2.16. The Morgan fingerprint density at radius 2 is 1.22 bits per heavy atom. The molecule has 0 aliphatic rings. The van der Waals surface area contributed by atoms with Crippen molar-refractivity contribution in [2.75, 3.05) is 0 Å². The van der Waals surface area contributed by atoms with E-state index < -0.39 is 22.6 Å². The molecule has 96 valence electrons. The molecule has 2 atom stereocenters. The van der Waals surface area contributed by atoms with Crippen molar-refractivity contribution in [1.82, 2.24) is 0 Å². The molecule has 6 nitrogen and oxygen atoms in total. The van der Waals surface area contributed by atoms with Crippen molar-refractivity contribution in [3.05, 3.63) is 0 Å². The first-order valence-corrected chi connectivity index (χ1v) is 5.62. The van der Waals surface area contributed by atoms with Gasteiger partial charge in [-0.15, -0.1) is 0 Å². The standard InChI is InChI=1S/C12H16N4O2/c1-5-9(17)11(3,7-13)15-16-12(4,8-14)10(18)6-2/h5-6H2,1-4H3. The van der Waals surface area contributed by atoms with Crippen molar-refractivity contribution >= 4 is 11.6 Å². The number of carbonyl (C=O) groups excluding carboxylic acids is 2. The Morgan fingerprint density at radius 3 is 1.39 bits per heavy atom. The van der Waals surface area contributed by atoms with Crippen LogP contribution >= 0.6 is 0 Å². The number of nitriles is 2. The molecule has 0 amide bonds. The molecule has 0 aliphatic carbocycles. The number of hydrogen-bond acceptors (Lipinski definition) is 6. The third-order valence-corrected chi connectivity index (χ3v) is 2.61. The van der Waals surface area contributed by atoms with Crippen LogP contribution in [0.3, 0.4) is 0 Å². The number of nitrogens with zero attached hydrogens (tertiary/aromatic N) is 4. The zero-order chi connectivity index (χ0) is 14.4. The molecule has 0 fully saturated rings. The molecule has 0 radical (unpaired) electrons. The summed E-state index contributed by atoms with van der Waals surface area (Å²) in [7, 11) is 0. The van der Waals surface area contributed by atoms with Crippen LogP contribution in [-0.2, 0) is 9.59 Å². The van der Waals surface area contributed by atoms with Gasteiger partial charge in [0.2, 0.25) is 11.1 Å². The van der Waals surface area contributed by atoms with E-state index in [1.807, 2.05) is 0 Å². The summed E-state index contributed by atoms with van der Waals surface area (Å²) >= 11 is 0. The lowest BCUT2D eigenvalue weighted by atomic mass is 9.96. The van der Waals surface area contributed by atoms with E-state index in [1.54, 1.807) is 26.0 Å². The number of azo groups is 1. The van der Waals surface area contributed by atoms with Crippen LogP contribution in [0, 0.1) is 22.7 Å². The van der Waals surface area contributed by atoms with E-state index in [4.69, 9.17) is 10.5 Å². The highest BCUT2D eigenvalue weighted by molar-refractivity contribution is 5.92. The number of hydrogen-bond donors (Lipinski definition) is 0. The minimum atomic E-state index is -1.64. The van der Waals surface area contributed by atoms with Gasteiger partial charge >= 0.3 is 0 Å². The highest BCUT2D eigenvalue weighted by Gasteiger charge is 2.36. The predicted molar refractivity (Wildman–Crippen MR) is 63.5 cm³/mol. The van der Waals surface area contributed by atoms with Crippen LogP contribution in [0.15, 0.2) is 10.2 Å². The van der Waals surface area contributed by atoms with Gasteiger partial charge in [-0.2, -0.15) is 20.8 Å². The van der Waals surface area contributed by atoms with Crippen LogP contribution in [0.5, 0.6) is 0 Å². The maximum Gasteiger partial charge on any atom is 0.222 e. The molecule has 0 aliphatic heterocycles. The molecular weight excluding hydrogens is 232 g/mol. The van der Waals surface area contributed by atoms with Crippen LogP contribution in [0.2, 0.25) is 0 Å². The summed E-state index contributed by atoms with van der Waals surface area (Å²) in [5, 5.41) is 25.2. The smallest absolute Gasteiger partial charge is 0.222 e. The minimum Gasteiger partial charge on any atom is -0.296 e. The third kappa shape index (κ3) is 3.21. The Kier molecular flexibility index (Phi) is 5.32. The van der Waals surface area contributed by atoms with Gasteiger partial charge in [0.1, 0.15) is 12.1 Å². The van der Waals surface area contributed by atoms with Gasteiger partial charge in [0.05, 0.1) is 0 Å². The largest absolute Gasteiger partial charge is 0.296 e.